The fourth-order valence-corrected chi connectivity index (χ4v) is 3.12. The summed E-state index contributed by atoms with van der Waals surface area (Å²) in [6.07, 6.45) is 1.27. The zero-order valence-electron chi connectivity index (χ0n) is 11.3. The van der Waals surface area contributed by atoms with Crippen molar-refractivity contribution in [3.05, 3.63) is 33.6 Å². The Hall–Kier alpha value is -1.73. The van der Waals surface area contributed by atoms with Gasteiger partial charge in [-0.25, -0.2) is 0 Å². The molecule has 3 rings (SSSR count). The number of rotatable bonds is 2. The minimum Gasteiger partial charge on any atom is -0.377 e. The van der Waals surface area contributed by atoms with Gasteiger partial charge in [0.05, 0.1) is 18.8 Å². The fraction of sp³-hybridized carbons (Fsp3) is 0.462. The minimum atomic E-state index is -0.283. The second-order valence-corrected chi connectivity index (χ2v) is 5.79. The lowest BCUT2D eigenvalue weighted by molar-refractivity contribution is -0.00578. The zero-order valence-corrected chi connectivity index (χ0v) is 12.1. The molecule has 0 bridgehead atoms. The topological polar surface area (TPSA) is 68.5 Å². The van der Waals surface area contributed by atoms with Crippen LogP contribution >= 0.6 is 11.3 Å². The molecule has 1 aliphatic rings. The van der Waals surface area contributed by atoms with Crippen molar-refractivity contribution in [2.75, 3.05) is 19.8 Å². The molecule has 1 unspecified atom stereocenters. The van der Waals surface area contributed by atoms with E-state index in [9.17, 15) is 4.79 Å². The Labute approximate surface area is 120 Å². The second-order valence-electron chi connectivity index (χ2n) is 4.71. The predicted octanol–water partition coefficient (Wildman–Crippen LogP) is 1.96. The third-order valence-corrected chi connectivity index (χ3v) is 4.60. The van der Waals surface area contributed by atoms with Crippen LogP contribution in [0, 0.1) is 13.8 Å². The highest BCUT2D eigenvalue weighted by molar-refractivity contribution is 7.10. The fourth-order valence-electron chi connectivity index (χ4n) is 2.27. The maximum Gasteiger partial charge on any atom is 0.255 e. The van der Waals surface area contributed by atoms with E-state index in [0.717, 1.165) is 16.0 Å². The van der Waals surface area contributed by atoms with Crippen LogP contribution in [0.2, 0.25) is 0 Å². The van der Waals surface area contributed by atoms with Crippen LogP contribution in [0.15, 0.2) is 16.3 Å². The first kappa shape index (κ1) is 13.3. The van der Waals surface area contributed by atoms with E-state index in [-0.39, 0.29) is 11.9 Å². The number of aromatic nitrogens is 2. The van der Waals surface area contributed by atoms with E-state index in [4.69, 9.17) is 9.26 Å². The third-order valence-electron chi connectivity index (χ3n) is 3.58. The van der Waals surface area contributed by atoms with Gasteiger partial charge in [0.1, 0.15) is 6.04 Å². The highest BCUT2D eigenvalue weighted by Gasteiger charge is 2.33. The highest BCUT2D eigenvalue weighted by atomic mass is 32.1. The normalized spacial score (nSPS) is 19.3. The monoisotopic (exact) mass is 293 g/mol. The van der Waals surface area contributed by atoms with Crippen molar-refractivity contribution >= 4 is 17.2 Å². The lowest BCUT2D eigenvalue weighted by Crippen LogP contribution is -2.43. The van der Waals surface area contributed by atoms with Crippen LogP contribution < -0.4 is 0 Å². The van der Waals surface area contributed by atoms with Crippen molar-refractivity contribution in [2.24, 2.45) is 0 Å². The average Bonchev–Trinajstić information content (AvgIpc) is 3.10. The summed E-state index contributed by atoms with van der Waals surface area (Å²) in [5, 5.41) is 5.75. The molecule has 1 saturated heterocycles. The van der Waals surface area contributed by atoms with Gasteiger partial charge >= 0.3 is 0 Å². The lowest BCUT2D eigenvalue weighted by Gasteiger charge is -2.33. The van der Waals surface area contributed by atoms with Crippen LogP contribution in [0.3, 0.4) is 0 Å². The number of hydrogen-bond acceptors (Lipinski definition) is 6. The average molecular weight is 293 g/mol. The molecule has 6 nitrogen and oxygen atoms in total. The number of thiophene rings is 1. The lowest BCUT2D eigenvalue weighted by atomic mass is 10.1. The number of hydrogen-bond donors (Lipinski definition) is 0. The Bertz CT molecular complexity index is 608. The Balaban J connectivity index is 1.90. The van der Waals surface area contributed by atoms with Crippen molar-refractivity contribution in [3.63, 3.8) is 0 Å². The molecule has 20 heavy (non-hydrogen) atoms. The molecule has 0 saturated carbocycles. The number of nitrogens with zero attached hydrogens (tertiary/aromatic N) is 3. The predicted molar refractivity (Wildman–Crippen MR) is 72.7 cm³/mol. The van der Waals surface area contributed by atoms with Gasteiger partial charge in [0, 0.05) is 16.8 Å². The molecule has 2 aromatic heterocycles. The Morgan fingerprint density at radius 3 is 3.00 bits per heavy atom. The number of ether oxygens (including phenoxy) is 1. The molecule has 0 spiro atoms. The molecule has 1 fully saturated rings. The molecule has 0 aliphatic carbocycles. The van der Waals surface area contributed by atoms with Gasteiger partial charge in [-0.1, -0.05) is 5.16 Å². The van der Waals surface area contributed by atoms with Crippen molar-refractivity contribution in [1.29, 1.82) is 0 Å². The number of aryl methyl sites for hydroxylation is 1. The maximum atomic E-state index is 12.7. The standard InChI is InChI=1S/C13H15N3O3S/c1-8-9(2)20-6-10(8)13(17)16-3-4-18-5-11(16)12-14-7-19-15-12/h6-7,11H,3-5H2,1-2H3. The Kier molecular flexibility index (Phi) is 3.54. The molecule has 0 aromatic carbocycles. The molecular weight excluding hydrogens is 278 g/mol. The van der Waals surface area contributed by atoms with E-state index < -0.39 is 0 Å². The summed E-state index contributed by atoms with van der Waals surface area (Å²) in [5.41, 5.74) is 1.79. The summed E-state index contributed by atoms with van der Waals surface area (Å²) in [5.74, 6) is 0.493. The molecule has 7 heteroatoms. The third kappa shape index (κ3) is 2.23. The van der Waals surface area contributed by atoms with Gasteiger partial charge in [-0.2, -0.15) is 4.98 Å². The zero-order chi connectivity index (χ0) is 14.1. The molecule has 1 aliphatic heterocycles. The van der Waals surface area contributed by atoms with E-state index in [1.807, 2.05) is 19.2 Å². The molecule has 0 radical (unpaired) electrons. The second kappa shape index (κ2) is 5.34. The van der Waals surface area contributed by atoms with Gasteiger partial charge in [0.2, 0.25) is 6.39 Å². The van der Waals surface area contributed by atoms with Gasteiger partial charge in [0.25, 0.3) is 5.91 Å². The molecule has 2 aromatic rings. The smallest absolute Gasteiger partial charge is 0.255 e. The van der Waals surface area contributed by atoms with Crippen LogP contribution in [-0.4, -0.2) is 40.7 Å². The molecule has 106 valence electrons. The van der Waals surface area contributed by atoms with Crippen LogP contribution in [0.1, 0.15) is 32.7 Å². The van der Waals surface area contributed by atoms with E-state index >= 15 is 0 Å². The van der Waals surface area contributed by atoms with Crippen LogP contribution in [-0.2, 0) is 4.74 Å². The summed E-state index contributed by atoms with van der Waals surface area (Å²) < 4.78 is 10.2. The maximum absolute atomic E-state index is 12.7. The summed E-state index contributed by atoms with van der Waals surface area (Å²) in [6, 6.07) is -0.283. The summed E-state index contributed by atoms with van der Waals surface area (Å²) in [7, 11) is 0. The summed E-state index contributed by atoms with van der Waals surface area (Å²) in [4.78, 5) is 19.7. The van der Waals surface area contributed by atoms with Crippen molar-refractivity contribution in [1.82, 2.24) is 15.0 Å². The number of carbonyl (C=O) groups excluding carboxylic acids is 1. The van der Waals surface area contributed by atoms with Crippen LogP contribution in [0.25, 0.3) is 0 Å². The largest absolute Gasteiger partial charge is 0.377 e. The SMILES string of the molecule is Cc1scc(C(=O)N2CCOCC2c2ncon2)c1C. The Morgan fingerprint density at radius 1 is 1.50 bits per heavy atom. The molecule has 1 amide bonds. The number of morpholine rings is 1. The molecule has 3 heterocycles. The minimum absolute atomic E-state index is 0.00458. The molecular formula is C13H15N3O3S. The van der Waals surface area contributed by atoms with E-state index in [1.165, 1.54) is 6.39 Å². The quantitative estimate of drug-likeness (QED) is 0.846. The first-order valence-electron chi connectivity index (χ1n) is 6.38. The number of carbonyl (C=O) groups is 1. The van der Waals surface area contributed by atoms with Crippen LogP contribution in [0.5, 0.6) is 0 Å². The first-order chi connectivity index (χ1) is 9.68. The first-order valence-corrected chi connectivity index (χ1v) is 7.26. The summed E-state index contributed by atoms with van der Waals surface area (Å²) >= 11 is 1.59. The van der Waals surface area contributed by atoms with Gasteiger partial charge in [-0.05, 0) is 19.4 Å². The number of amides is 1. The summed E-state index contributed by atoms with van der Waals surface area (Å²) in [6.45, 7) is 5.46. The Morgan fingerprint density at radius 2 is 2.35 bits per heavy atom. The van der Waals surface area contributed by atoms with Gasteiger partial charge < -0.3 is 14.2 Å². The van der Waals surface area contributed by atoms with Gasteiger partial charge in [-0.3, -0.25) is 4.79 Å². The van der Waals surface area contributed by atoms with Crippen LogP contribution in [0.4, 0.5) is 0 Å². The van der Waals surface area contributed by atoms with Crippen molar-refractivity contribution in [3.8, 4) is 0 Å². The van der Waals surface area contributed by atoms with Gasteiger partial charge in [-0.15, -0.1) is 11.3 Å². The molecule has 1 atom stereocenters. The van der Waals surface area contributed by atoms with Gasteiger partial charge in [0.15, 0.2) is 5.82 Å². The highest BCUT2D eigenvalue weighted by Crippen LogP contribution is 2.27. The molecule has 0 N–H and O–H groups in total. The van der Waals surface area contributed by atoms with E-state index in [0.29, 0.717) is 25.6 Å². The van der Waals surface area contributed by atoms with Crippen molar-refractivity contribution < 1.29 is 14.1 Å². The van der Waals surface area contributed by atoms with Crippen molar-refractivity contribution in [2.45, 2.75) is 19.9 Å². The van der Waals surface area contributed by atoms with E-state index in [2.05, 4.69) is 10.1 Å². The van der Waals surface area contributed by atoms with E-state index in [1.54, 1.807) is 16.2 Å².